The maximum atomic E-state index is 13.0. The lowest BCUT2D eigenvalue weighted by Crippen LogP contribution is -2.42. The lowest BCUT2D eigenvalue weighted by Gasteiger charge is -2.30. The molecule has 3 nitrogen and oxygen atoms in total. The Morgan fingerprint density at radius 2 is 1.87 bits per heavy atom. The van der Waals surface area contributed by atoms with Gasteiger partial charge in [0.25, 0.3) is 0 Å². The van der Waals surface area contributed by atoms with E-state index >= 15 is 0 Å². The number of fused-ring (bicyclic) bond motifs is 2. The van der Waals surface area contributed by atoms with E-state index in [1.54, 1.807) is 6.07 Å². The van der Waals surface area contributed by atoms with Crippen LogP contribution in [0.2, 0.25) is 0 Å². The molecule has 4 unspecified atom stereocenters. The molecule has 4 rings (SSSR count). The standard InChI is InChI=1S/C15H13Cl2F3N2O/c16-14(17)11-5-9-10(22-12(23)21-9)6-13(11,14)7-2-1-3-8(4-7)15(18,19)20/h1-4,9-11H,5-6H2,(H2,21,22,23). The fourth-order valence-electron chi connectivity index (χ4n) is 4.24. The Morgan fingerprint density at radius 3 is 2.57 bits per heavy atom. The Morgan fingerprint density at radius 1 is 1.17 bits per heavy atom. The molecule has 8 heteroatoms. The van der Waals surface area contributed by atoms with E-state index in [0.29, 0.717) is 18.4 Å². The van der Waals surface area contributed by atoms with Crippen LogP contribution >= 0.6 is 23.2 Å². The topological polar surface area (TPSA) is 41.1 Å². The van der Waals surface area contributed by atoms with E-state index in [2.05, 4.69) is 10.6 Å². The minimum absolute atomic E-state index is 0.0780. The summed E-state index contributed by atoms with van der Waals surface area (Å²) in [5.41, 5.74) is -0.977. The van der Waals surface area contributed by atoms with Crippen LogP contribution in [0.3, 0.4) is 0 Å². The van der Waals surface area contributed by atoms with Crippen LogP contribution in [0, 0.1) is 5.92 Å². The molecule has 0 bridgehead atoms. The number of hydrogen-bond acceptors (Lipinski definition) is 1. The molecule has 0 spiro atoms. The van der Waals surface area contributed by atoms with Crippen LogP contribution in [0.4, 0.5) is 18.0 Å². The first kappa shape index (κ1) is 15.4. The van der Waals surface area contributed by atoms with Gasteiger partial charge in [0.1, 0.15) is 4.33 Å². The van der Waals surface area contributed by atoms with E-state index in [0.717, 1.165) is 12.1 Å². The molecule has 1 heterocycles. The second-order valence-electron chi connectivity index (χ2n) is 6.50. The van der Waals surface area contributed by atoms with Gasteiger partial charge in [-0.1, -0.05) is 18.2 Å². The average molecular weight is 365 g/mol. The monoisotopic (exact) mass is 364 g/mol. The number of halogens is 5. The first-order valence-electron chi connectivity index (χ1n) is 7.29. The highest BCUT2D eigenvalue weighted by Gasteiger charge is 2.79. The van der Waals surface area contributed by atoms with Gasteiger partial charge in [-0.15, -0.1) is 23.2 Å². The summed E-state index contributed by atoms with van der Waals surface area (Å²) < 4.78 is 37.9. The third-order valence-corrected chi connectivity index (χ3v) is 6.60. The molecule has 2 aliphatic carbocycles. The van der Waals surface area contributed by atoms with Crippen molar-refractivity contribution in [3.05, 3.63) is 35.4 Å². The molecule has 1 saturated heterocycles. The van der Waals surface area contributed by atoms with Gasteiger partial charge in [0, 0.05) is 11.3 Å². The van der Waals surface area contributed by atoms with E-state index in [9.17, 15) is 18.0 Å². The first-order chi connectivity index (χ1) is 10.7. The maximum absolute atomic E-state index is 13.0. The number of amides is 2. The molecule has 0 aromatic heterocycles. The summed E-state index contributed by atoms with van der Waals surface area (Å²) in [7, 11) is 0. The number of nitrogens with one attached hydrogen (secondary N) is 2. The van der Waals surface area contributed by atoms with Crippen molar-refractivity contribution >= 4 is 29.2 Å². The van der Waals surface area contributed by atoms with Crippen molar-refractivity contribution < 1.29 is 18.0 Å². The van der Waals surface area contributed by atoms with Gasteiger partial charge in [-0.2, -0.15) is 13.2 Å². The van der Waals surface area contributed by atoms with Crippen LogP contribution in [0.15, 0.2) is 24.3 Å². The number of hydrogen-bond donors (Lipinski definition) is 2. The molecule has 3 fully saturated rings. The largest absolute Gasteiger partial charge is 0.416 e. The van der Waals surface area contributed by atoms with Crippen LogP contribution in [0.5, 0.6) is 0 Å². The molecular weight excluding hydrogens is 352 g/mol. The smallest absolute Gasteiger partial charge is 0.333 e. The molecule has 124 valence electrons. The van der Waals surface area contributed by atoms with Crippen molar-refractivity contribution in [2.24, 2.45) is 5.92 Å². The zero-order valence-electron chi connectivity index (χ0n) is 11.8. The molecule has 2 saturated carbocycles. The van der Waals surface area contributed by atoms with E-state index in [1.165, 1.54) is 6.07 Å². The number of alkyl halides is 5. The van der Waals surface area contributed by atoms with Gasteiger partial charge >= 0.3 is 12.2 Å². The quantitative estimate of drug-likeness (QED) is 0.734. The number of carbonyl (C=O) groups excluding carboxylic acids is 1. The fourth-order valence-corrected chi connectivity index (χ4v) is 5.32. The van der Waals surface area contributed by atoms with E-state index in [4.69, 9.17) is 23.2 Å². The van der Waals surface area contributed by atoms with Crippen LogP contribution in [0.1, 0.15) is 24.0 Å². The summed E-state index contributed by atoms with van der Waals surface area (Å²) in [5, 5.41) is 5.61. The van der Waals surface area contributed by atoms with Crippen LogP contribution in [-0.2, 0) is 11.6 Å². The highest BCUT2D eigenvalue weighted by molar-refractivity contribution is 6.52. The fraction of sp³-hybridized carbons (Fsp3) is 0.533. The minimum atomic E-state index is -4.42. The molecule has 4 atom stereocenters. The molecule has 2 N–H and O–H groups in total. The molecule has 3 aliphatic rings. The average Bonchev–Trinajstić information content (AvgIpc) is 2.76. The molecule has 1 aromatic carbocycles. The number of benzene rings is 1. The molecule has 0 radical (unpaired) electrons. The van der Waals surface area contributed by atoms with Crippen molar-refractivity contribution in [1.82, 2.24) is 10.6 Å². The summed E-state index contributed by atoms with van der Waals surface area (Å²) >= 11 is 12.9. The van der Waals surface area contributed by atoms with E-state index in [-0.39, 0.29) is 24.0 Å². The summed E-state index contributed by atoms with van der Waals surface area (Å²) in [6.07, 6.45) is -3.44. The summed E-state index contributed by atoms with van der Waals surface area (Å²) in [5.74, 6) is -0.178. The van der Waals surface area contributed by atoms with Crippen LogP contribution < -0.4 is 10.6 Å². The van der Waals surface area contributed by atoms with Gasteiger partial charge in [-0.3, -0.25) is 0 Å². The summed E-state index contributed by atoms with van der Waals surface area (Å²) in [4.78, 5) is 11.5. The highest BCUT2D eigenvalue weighted by atomic mass is 35.5. The number of urea groups is 1. The van der Waals surface area contributed by atoms with E-state index < -0.39 is 21.5 Å². The van der Waals surface area contributed by atoms with Crippen molar-refractivity contribution in [2.45, 2.75) is 40.8 Å². The SMILES string of the molecule is O=C1NC2CC3C(Cl)(Cl)C3(c3cccc(C(F)(F)F)c3)CC2N1. The zero-order chi connectivity index (χ0) is 16.6. The molecule has 1 aromatic rings. The molecule has 2 amide bonds. The second-order valence-corrected chi connectivity index (χ2v) is 7.88. The first-order valence-corrected chi connectivity index (χ1v) is 8.04. The highest BCUT2D eigenvalue weighted by Crippen LogP contribution is 2.75. The molecule has 1 aliphatic heterocycles. The lowest BCUT2D eigenvalue weighted by molar-refractivity contribution is -0.137. The normalized spacial score (nSPS) is 37.4. The van der Waals surface area contributed by atoms with Gasteiger partial charge < -0.3 is 10.6 Å². The lowest BCUT2D eigenvalue weighted by atomic mass is 9.78. The summed E-state index contributed by atoms with van der Waals surface area (Å²) in [6, 6.07) is 4.67. The Bertz CT molecular complexity index is 694. The van der Waals surface area contributed by atoms with Crippen molar-refractivity contribution in [2.75, 3.05) is 0 Å². The van der Waals surface area contributed by atoms with Gasteiger partial charge in [-0.25, -0.2) is 4.79 Å². The Labute approximate surface area is 140 Å². The predicted molar refractivity (Wildman–Crippen MR) is 79.5 cm³/mol. The van der Waals surface area contributed by atoms with Crippen molar-refractivity contribution in [3.8, 4) is 0 Å². The molecule has 23 heavy (non-hydrogen) atoms. The van der Waals surface area contributed by atoms with Crippen molar-refractivity contribution in [3.63, 3.8) is 0 Å². The number of carbonyl (C=O) groups is 1. The van der Waals surface area contributed by atoms with Gasteiger partial charge in [0.2, 0.25) is 0 Å². The van der Waals surface area contributed by atoms with Crippen LogP contribution in [-0.4, -0.2) is 22.4 Å². The van der Waals surface area contributed by atoms with Gasteiger partial charge in [0.15, 0.2) is 0 Å². The van der Waals surface area contributed by atoms with Crippen LogP contribution in [0.25, 0.3) is 0 Å². The zero-order valence-corrected chi connectivity index (χ0v) is 13.3. The molecular formula is C15H13Cl2F3N2O. The Kier molecular flexibility index (Phi) is 3.00. The third kappa shape index (κ3) is 2.00. The minimum Gasteiger partial charge on any atom is -0.333 e. The number of rotatable bonds is 1. The predicted octanol–water partition coefficient (Wildman–Crippen LogP) is 3.59. The second kappa shape index (κ2) is 4.48. The van der Waals surface area contributed by atoms with E-state index in [1.807, 2.05) is 0 Å². The third-order valence-electron chi connectivity index (χ3n) is 5.40. The Balaban J connectivity index is 1.74. The maximum Gasteiger partial charge on any atom is 0.416 e. The Hall–Kier alpha value is -1.14. The van der Waals surface area contributed by atoms with Gasteiger partial charge in [-0.05, 0) is 24.5 Å². The van der Waals surface area contributed by atoms with Gasteiger partial charge in [0.05, 0.1) is 17.6 Å². The summed E-state index contributed by atoms with van der Waals surface area (Å²) in [6.45, 7) is 0. The van der Waals surface area contributed by atoms with Crippen molar-refractivity contribution in [1.29, 1.82) is 0 Å².